The van der Waals surface area contributed by atoms with Gasteiger partial charge in [-0.1, -0.05) is 13.0 Å². The lowest BCUT2D eigenvalue weighted by Gasteiger charge is -2.17. The first kappa shape index (κ1) is 26.3. The van der Waals surface area contributed by atoms with Gasteiger partial charge in [-0.15, -0.1) is 10.2 Å². The van der Waals surface area contributed by atoms with E-state index in [1.807, 2.05) is 6.92 Å². The van der Waals surface area contributed by atoms with E-state index in [2.05, 4.69) is 25.5 Å². The van der Waals surface area contributed by atoms with Crippen molar-refractivity contribution in [3.05, 3.63) is 53.0 Å². The maximum atomic E-state index is 13.6. The van der Waals surface area contributed by atoms with E-state index in [1.165, 1.54) is 37.6 Å². The van der Waals surface area contributed by atoms with Crippen molar-refractivity contribution in [3.63, 3.8) is 0 Å². The van der Waals surface area contributed by atoms with Crippen LogP contribution in [0.2, 0.25) is 0 Å². The molecule has 10 nitrogen and oxygen atoms in total. The summed E-state index contributed by atoms with van der Waals surface area (Å²) in [5.41, 5.74) is -1.96. The van der Waals surface area contributed by atoms with Crippen molar-refractivity contribution in [1.29, 1.82) is 0 Å². The van der Waals surface area contributed by atoms with Crippen LogP contribution in [0.5, 0.6) is 17.6 Å². The molecule has 196 valence electrons. The van der Waals surface area contributed by atoms with Crippen LogP contribution in [0.1, 0.15) is 47.1 Å². The molecule has 0 spiro atoms. The summed E-state index contributed by atoms with van der Waals surface area (Å²) in [6.45, 7) is 3.05. The zero-order valence-corrected chi connectivity index (χ0v) is 21.0. The van der Waals surface area contributed by atoms with Gasteiger partial charge in [-0.3, -0.25) is 4.79 Å². The Morgan fingerprint density at radius 1 is 1.14 bits per heavy atom. The normalized spacial score (nSPS) is 14.7. The maximum Gasteiger partial charge on any atom is 0.435 e. The Hall–Kier alpha value is -3.81. The number of nitrogens with zero attached hydrogens (tertiary/aromatic N) is 4. The highest BCUT2D eigenvalue weighted by atomic mass is 32.2. The lowest BCUT2D eigenvalue weighted by molar-refractivity contribution is -0.142. The summed E-state index contributed by atoms with van der Waals surface area (Å²) in [5.74, 6) is -1.87. The van der Waals surface area contributed by atoms with Gasteiger partial charge in [0.15, 0.2) is 15.5 Å². The number of alkyl halides is 3. The van der Waals surface area contributed by atoms with Crippen molar-refractivity contribution in [3.8, 4) is 17.6 Å². The fourth-order valence-electron chi connectivity index (χ4n) is 3.50. The third kappa shape index (κ3) is 5.48. The smallest absolute Gasteiger partial charge is 0.435 e. The molecule has 2 heterocycles. The Morgan fingerprint density at radius 2 is 1.84 bits per heavy atom. The van der Waals surface area contributed by atoms with Gasteiger partial charge >= 0.3 is 6.18 Å². The number of anilines is 1. The van der Waals surface area contributed by atoms with Gasteiger partial charge in [-0.05, 0) is 43.5 Å². The standard InChI is InChI=1S/C23H22F3N5O5S/c1-12-16(18(32)28-13-6-5-7-14(10-13)37(4,33)34)19(31-30-17(12)23(24,25)26)36-20-21(35-3)29-15(11-27-20)22(2)8-9-22/h5-7,10-11H,8-9H2,1-4H3,(H,28,32). The molecule has 1 aliphatic carbocycles. The number of ether oxygens (including phenoxy) is 2. The number of carbonyl (C=O) groups excluding carboxylic acids is 1. The van der Waals surface area contributed by atoms with Gasteiger partial charge in [0.2, 0.25) is 0 Å². The molecular weight excluding hydrogens is 515 g/mol. The Morgan fingerprint density at radius 3 is 2.43 bits per heavy atom. The molecule has 1 fully saturated rings. The third-order valence-electron chi connectivity index (χ3n) is 5.91. The van der Waals surface area contributed by atoms with Gasteiger partial charge in [-0.25, -0.2) is 18.4 Å². The van der Waals surface area contributed by atoms with Crippen molar-refractivity contribution in [2.45, 2.75) is 43.2 Å². The molecule has 2 aromatic heterocycles. The summed E-state index contributed by atoms with van der Waals surface area (Å²) in [6, 6.07) is 5.25. The number of rotatable bonds is 7. The molecule has 0 saturated heterocycles. The van der Waals surface area contributed by atoms with Gasteiger partial charge in [0.1, 0.15) is 5.56 Å². The molecule has 1 N–H and O–H groups in total. The predicted molar refractivity (Wildman–Crippen MR) is 125 cm³/mol. The van der Waals surface area contributed by atoms with Crippen LogP contribution in [0.15, 0.2) is 35.4 Å². The van der Waals surface area contributed by atoms with E-state index >= 15 is 0 Å². The van der Waals surface area contributed by atoms with Crippen LogP contribution in [0.3, 0.4) is 0 Å². The van der Waals surface area contributed by atoms with Crippen molar-refractivity contribution >= 4 is 21.4 Å². The fraction of sp³-hybridized carbons (Fsp3) is 0.348. The van der Waals surface area contributed by atoms with Crippen LogP contribution in [0.25, 0.3) is 0 Å². The number of carbonyl (C=O) groups is 1. The highest BCUT2D eigenvalue weighted by molar-refractivity contribution is 7.90. The number of benzene rings is 1. The molecule has 0 bridgehead atoms. The minimum atomic E-state index is -4.90. The summed E-state index contributed by atoms with van der Waals surface area (Å²) < 4.78 is 75.2. The number of amides is 1. The summed E-state index contributed by atoms with van der Waals surface area (Å²) in [5, 5.41) is 9.12. The summed E-state index contributed by atoms with van der Waals surface area (Å²) in [7, 11) is -2.28. The second-order valence-corrected chi connectivity index (χ2v) is 10.9. The first-order valence-electron chi connectivity index (χ1n) is 10.9. The molecule has 14 heteroatoms. The molecule has 0 aliphatic heterocycles. The third-order valence-corrected chi connectivity index (χ3v) is 7.02. The van der Waals surface area contributed by atoms with Crippen LogP contribution < -0.4 is 14.8 Å². The van der Waals surface area contributed by atoms with E-state index in [0.29, 0.717) is 5.69 Å². The topological polar surface area (TPSA) is 133 Å². The number of halogens is 3. The lowest BCUT2D eigenvalue weighted by Crippen LogP contribution is -2.21. The predicted octanol–water partition coefficient (Wildman–Crippen LogP) is 4.10. The van der Waals surface area contributed by atoms with Crippen LogP contribution in [0, 0.1) is 6.92 Å². The molecule has 1 amide bonds. The van der Waals surface area contributed by atoms with E-state index in [4.69, 9.17) is 9.47 Å². The molecule has 4 rings (SSSR count). The fourth-order valence-corrected chi connectivity index (χ4v) is 4.16. The quantitative estimate of drug-likeness (QED) is 0.473. The van der Waals surface area contributed by atoms with Crippen molar-refractivity contribution < 1.29 is 35.9 Å². The van der Waals surface area contributed by atoms with Gasteiger partial charge in [0, 0.05) is 17.4 Å². The minimum Gasteiger partial charge on any atom is -0.477 e. The van der Waals surface area contributed by atoms with Crippen molar-refractivity contribution in [2.75, 3.05) is 18.7 Å². The molecule has 0 atom stereocenters. The van der Waals surface area contributed by atoms with Crippen LogP contribution in [0.4, 0.5) is 18.9 Å². The molecule has 1 aliphatic rings. The number of hydrogen-bond donors (Lipinski definition) is 1. The largest absolute Gasteiger partial charge is 0.477 e. The molecular formula is C23H22F3N5O5S. The minimum absolute atomic E-state index is 0.0306. The van der Waals surface area contributed by atoms with E-state index in [0.717, 1.165) is 26.0 Å². The van der Waals surface area contributed by atoms with Gasteiger partial charge in [0.25, 0.3) is 23.5 Å². The first-order valence-corrected chi connectivity index (χ1v) is 12.8. The van der Waals surface area contributed by atoms with E-state index in [1.54, 1.807) is 0 Å². The molecule has 3 aromatic rings. The molecule has 37 heavy (non-hydrogen) atoms. The Bertz CT molecular complexity index is 1490. The van der Waals surface area contributed by atoms with E-state index in [9.17, 15) is 26.4 Å². The molecule has 1 saturated carbocycles. The monoisotopic (exact) mass is 537 g/mol. The SMILES string of the molecule is COc1nc(C2(C)CC2)cnc1Oc1nnc(C(F)(F)F)c(C)c1C(=O)Nc1cccc(S(C)(=O)=O)c1. The average molecular weight is 538 g/mol. The Labute approximate surface area is 210 Å². The van der Waals surface area contributed by atoms with Gasteiger partial charge in [-0.2, -0.15) is 13.2 Å². The van der Waals surface area contributed by atoms with Gasteiger partial charge in [0.05, 0.1) is 23.9 Å². The number of aromatic nitrogens is 4. The molecule has 0 radical (unpaired) electrons. The van der Waals surface area contributed by atoms with Crippen molar-refractivity contribution in [1.82, 2.24) is 20.2 Å². The summed E-state index contributed by atoms with van der Waals surface area (Å²) >= 11 is 0. The zero-order chi connectivity index (χ0) is 27.2. The average Bonchev–Trinajstić information content (AvgIpc) is 3.56. The van der Waals surface area contributed by atoms with E-state index in [-0.39, 0.29) is 27.8 Å². The van der Waals surface area contributed by atoms with Gasteiger partial charge < -0.3 is 14.8 Å². The van der Waals surface area contributed by atoms with E-state index < -0.39 is 44.6 Å². The number of hydrogen-bond acceptors (Lipinski definition) is 9. The number of sulfone groups is 1. The zero-order valence-electron chi connectivity index (χ0n) is 20.2. The maximum absolute atomic E-state index is 13.6. The summed E-state index contributed by atoms with van der Waals surface area (Å²) in [6.07, 6.45) is -0.625. The molecule has 1 aromatic carbocycles. The summed E-state index contributed by atoms with van der Waals surface area (Å²) in [4.78, 5) is 21.7. The Kier molecular flexibility index (Phi) is 6.56. The number of methoxy groups -OCH3 is 1. The number of nitrogens with one attached hydrogen (secondary N) is 1. The van der Waals surface area contributed by atoms with Crippen LogP contribution in [-0.4, -0.2) is 47.9 Å². The van der Waals surface area contributed by atoms with Crippen molar-refractivity contribution in [2.24, 2.45) is 0 Å². The second-order valence-electron chi connectivity index (χ2n) is 8.84. The molecule has 0 unspecified atom stereocenters. The van der Waals surface area contributed by atoms with Crippen LogP contribution in [-0.2, 0) is 21.4 Å². The first-order chi connectivity index (χ1) is 17.2. The lowest BCUT2D eigenvalue weighted by atomic mass is 10.1. The Balaban J connectivity index is 1.75. The second kappa shape index (κ2) is 9.25. The highest BCUT2D eigenvalue weighted by Gasteiger charge is 2.42. The highest BCUT2D eigenvalue weighted by Crippen LogP contribution is 2.47. The van der Waals surface area contributed by atoms with Crippen LogP contribution >= 0.6 is 0 Å².